The third-order valence-corrected chi connectivity index (χ3v) is 6.21. The molecule has 0 bridgehead atoms. The van der Waals surface area contributed by atoms with Gasteiger partial charge in [-0.2, -0.15) is 0 Å². The molecule has 162 valence electrons. The van der Waals surface area contributed by atoms with Crippen molar-refractivity contribution in [2.45, 2.75) is 32.5 Å². The molecule has 0 saturated heterocycles. The minimum absolute atomic E-state index is 0.00592. The van der Waals surface area contributed by atoms with Gasteiger partial charge in [0.1, 0.15) is 17.6 Å². The number of methoxy groups -OCH3 is 1. The molecule has 2 aromatic carbocycles. The Morgan fingerprint density at radius 1 is 1.29 bits per heavy atom. The van der Waals surface area contributed by atoms with Gasteiger partial charge in [0.2, 0.25) is 5.91 Å². The normalized spacial score (nSPS) is 16.1. The summed E-state index contributed by atoms with van der Waals surface area (Å²) in [5, 5.41) is 3.07. The molecular weight excluding hydrogens is 410 g/mol. The second-order valence-corrected chi connectivity index (χ2v) is 8.50. The highest BCUT2D eigenvalue weighted by Crippen LogP contribution is 2.29. The SMILES string of the molecule is CC[C@@H]1CN(CC(=O)NCc2scnc2-c2ccccc2)Cc2cc(OC)ccc2O1. The quantitative estimate of drug-likeness (QED) is 0.603. The third kappa shape index (κ3) is 5.24. The van der Waals surface area contributed by atoms with Gasteiger partial charge in [0.05, 0.1) is 36.3 Å². The number of fused-ring (bicyclic) bond motifs is 1. The van der Waals surface area contributed by atoms with Crippen LogP contribution in [0.2, 0.25) is 0 Å². The fourth-order valence-corrected chi connectivity index (χ4v) is 4.45. The van der Waals surface area contributed by atoms with E-state index >= 15 is 0 Å². The molecule has 0 fully saturated rings. The summed E-state index contributed by atoms with van der Waals surface area (Å²) in [4.78, 5) is 20.4. The molecule has 0 unspecified atom stereocenters. The van der Waals surface area contributed by atoms with Crippen molar-refractivity contribution in [3.05, 3.63) is 64.5 Å². The molecule has 3 aromatic rings. The van der Waals surface area contributed by atoms with E-state index in [1.807, 2.05) is 54.0 Å². The number of nitrogens with zero attached hydrogens (tertiary/aromatic N) is 2. The van der Waals surface area contributed by atoms with E-state index in [2.05, 4.69) is 22.1 Å². The van der Waals surface area contributed by atoms with Gasteiger partial charge >= 0.3 is 0 Å². The molecule has 0 spiro atoms. The van der Waals surface area contributed by atoms with Crippen LogP contribution in [0.4, 0.5) is 0 Å². The lowest BCUT2D eigenvalue weighted by Crippen LogP contribution is -2.40. The Morgan fingerprint density at radius 3 is 2.90 bits per heavy atom. The van der Waals surface area contributed by atoms with E-state index in [1.54, 1.807) is 18.4 Å². The summed E-state index contributed by atoms with van der Waals surface area (Å²) in [5.41, 5.74) is 4.86. The first-order valence-corrected chi connectivity index (χ1v) is 11.3. The molecule has 1 atom stereocenters. The lowest BCUT2D eigenvalue weighted by Gasteiger charge is -2.22. The number of hydrogen-bond donors (Lipinski definition) is 1. The number of carbonyl (C=O) groups is 1. The van der Waals surface area contributed by atoms with Crippen molar-refractivity contribution in [1.82, 2.24) is 15.2 Å². The Balaban J connectivity index is 1.41. The van der Waals surface area contributed by atoms with E-state index in [0.717, 1.165) is 39.6 Å². The van der Waals surface area contributed by atoms with Crippen LogP contribution in [0.3, 0.4) is 0 Å². The molecule has 4 rings (SSSR count). The molecule has 1 aliphatic heterocycles. The maximum absolute atomic E-state index is 12.8. The second-order valence-electron chi connectivity index (χ2n) is 7.56. The first-order chi connectivity index (χ1) is 15.2. The van der Waals surface area contributed by atoms with Crippen molar-refractivity contribution in [3.63, 3.8) is 0 Å². The van der Waals surface area contributed by atoms with Gasteiger partial charge in [0, 0.05) is 24.2 Å². The predicted octanol–water partition coefficient (Wildman–Crippen LogP) is 4.11. The molecule has 1 amide bonds. The summed E-state index contributed by atoms with van der Waals surface area (Å²) in [6.07, 6.45) is 0.930. The Bertz CT molecular complexity index is 1020. The van der Waals surface area contributed by atoms with Crippen molar-refractivity contribution in [1.29, 1.82) is 0 Å². The fraction of sp³-hybridized carbons (Fsp3) is 0.333. The van der Waals surface area contributed by atoms with Crippen molar-refractivity contribution >= 4 is 17.2 Å². The predicted molar refractivity (Wildman–Crippen MR) is 122 cm³/mol. The topological polar surface area (TPSA) is 63.7 Å². The first kappa shape index (κ1) is 21.3. The van der Waals surface area contributed by atoms with Crippen molar-refractivity contribution in [2.24, 2.45) is 0 Å². The zero-order valence-corrected chi connectivity index (χ0v) is 18.7. The van der Waals surface area contributed by atoms with Gasteiger partial charge in [0.15, 0.2) is 0 Å². The molecule has 1 aliphatic rings. The molecule has 31 heavy (non-hydrogen) atoms. The Morgan fingerprint density at radius 2 is 2.13 bits per heavy atom. The van der Waals surface area contributed by atoms with Crippen LogP contribution in [0.25, 0.3) is 11.3 Å². The summed E-state index contributed by atoms with van der Waals surface area (Å²) in [7, 11) is 1.66. The maximum Gasteiger partial charge on any atom is 0.234 e. The van der Waals surface area contributed by atoms with Crippen LogP contribution < -0.4 is 14.8 Å². The number of amides is 1. The number of rotatable bonds is 7. The summed E-state index contributed by atoms with van der Waals surface area (Å²) < 4.78 is 11.5. The van der Waals surface area contributed by atoms with E-state index in [4.69, 9.17) is 9.47 Å². The molecule has 0 aliphatic carbocycles. The number of hydrogen-bond acceptors (Lipinski definition) is 6. The molecule has 0 saturated carbocycles. The molecule has 2 heterocycles. The van der Waals surface area contributed by atoms with Crippen molar-refractivity contribution < 1.29 is 14.3 Å². The Labute approximate surface area is 186 Å². The Kier molecular flexibility index (Phi) is 6.84. The largest absolute Gasteiger partial charge is 0.497 e. The van der Waals surface area contributed by atoms with E-state index in [-0.39, 0.29) is 12.0 Å². The van der Waals surface area contributed by atoms with Gasteiger partial charge in [-0.25, -0.2) is 4.98 Å². The average Bonchev–Trinajstić information content (AvgIpc) is 3.19. The zero-order valence-electron chi connectivity index (χ0n) is 17.8. The summed E-state index contributed by atoms with van der Waals surface area (Å²) >= 11 is 1.56. The van der Waals surface area contributed by atoms with E-state index in [1.165, 1.54) is 0 Å². The van der Waals surface area contributed by atoms with Crippen LogP contribution in [0.1, 0.15) is 23.8 Å². The third-order valence-electron chi connectivity index (χ3n) is 5.37. The van der Waals surface area contributed by atoms with Gasteiger partial charge in [0.25, 0.3) is 0 Å². The number of benzene rings is 2. The number of nitrogens with one attached hydrogen (secondary N) is 1. The smallest absolute Gasteiger partial charge is 0.234 e. The van der Waals surface area contributed by atoms with Gasteiger partial charge in [-0.15, -0.1) is 11.3 Å². The maximum atomic E-state index is 12.8. The minimum Gasteiger partial charge on any atom is -0.497 e. The Hall–Kier alpha value is -2.90. The van der Waals surface area contributed by atoms with Gasteiger partial charge < -0.3 is 14.8 Å². The second kappa shape index (κ2) is 9.94. The molecule has 1 aromatic heterocycles. The number of carbonyl (C=O) groups excluding carboxylic acids is 1. The van der Waals surface area contributed by atoms with Gasteiger partial charge in [-0.3, -0.25) is 9.69 Å². The van der Waals surface area contributed by atoms with Crippen molar-refractivity contribution in [2.75, 3.05) is 20.2 Å². The first-order valence-electron chi connectivity index (χ1n) is 10.5. The van der Waals surface area contributed by atoms with Crippen LogP contribution in [-0.2, 0) is 17.9 Å². The van der Waals surface area contributed by atoms with Crippen LogP contribution in [0.15, 0.2) is 54.0 Å². The summed E-state index contributed by atoms with van der Waals surface area (Å²) in [5.74, 6) is 1.65. The van der Waals surface area contributed by atoms with Crippen LogP contribution in [0, 0.1) is 0 Å². The molecular formula is C24H27N3O3S. The number of ether oxygens (including phenoxy) is 2. The zero-order chi connectivity index (χ0) is 21.6. The van der Waals surface area contributed by atoms with E-state index in [9.17, 15) is 4.79 Å². The summed E-state index contributed by atoms with van der Waals surface area (Å²) in [6.45, 7) is 4.24. The lowest BCUT2D eigenvalue weighted by molar-refractivity contribution is -0.122. The minimum atomic E-state index is -0.00592. The molecule has 6 nitrogen and oxygen atoms in total. The highest BCUT2D eigenvalue weighted by molar-refractivity contribution is 7.10. The highest BCUT2D eigenvalue weighted by Gasteiger charge is 2.24. The fourth-order valence-electron chi connectivity index (χ4n) is 3.73. The average molecular weight is 438 g/mol. The van der Waals surface area contributed by atoms with E-state index < -0.39 is 0 Å². The number of aromatic nitrogens is 1. The van der Waals surface area contributed by atoms with E-state index in [0.29, 0.717) is 26.2 Å². The lowest BCUT2D eigenvalue weighted by atomic mass is 10.1. The van der Waals surface area contributed by atoms with Crippen LogP contribution in [0.5, 0.6) is 11.5 Å². The van der Waals surface area contributed by atoms with Gasteiger partial charge in [-0.1, -0.05) is 37.3 Å². The van der Waals surface area contributed by atoms with Crippen LogP contribution >= 0.6 is 11.3 Å². The van der Waals surface area contributed by atoms with Crippen LogP contribution in [-0.4, -0.2) is 42.1 Å². The molecule has 1 N–H and O–H groups in total. The standard InChI is InChI=1S/C24H27N3O3S/c1-3-19-14-27(13-18-11-20(29-2)9-10-21(18)30-19)15-23(28)25-12-22-24(26-16-31-22)17-7-5-4-6-8-17/h4-11,16,19H,3,12-15H2,1-2H3,(H,25,28)/t19-/m1/s1. The molecule has 0 radical (unpaired) electrons. The van der Waals surface area contributed by atoms with Crippen molar-refractivity contribution in [3.8, 4) is 22.8 Å². The monoisotopic (exact) mass is 437 g/mol. The summed E-state index contributed by atoms with van der Waals surface area (Å²) in [6, 6.07) is 15.9. The highest BCUT2D eigenvalue weighted by atomic mass is 32.1. The molecule has 7 heteroatoms. The van der Waals surface area contributed by atoms with Gasteiger partial charge in [-0.05, 0) is 24.6 Å². The number of thiazole rings is 1.